The summed E-state index contributed by atoms with van der Waals surface area (Å²) in [4.78, 5) is 36.1. The van der Waals surface area contributed by atoms with Gasteiger partial charge in [0.05, 0.1) is 6.42 Å². The van der Waals surface area contributed by atoms with Crippen LogP contribution in [-0.4, -0.2) is 41.3 Å². The SMILES string of the molecule is CCCC[C@@H](CC(=O)O)NC(=O)CCC(C)(C)NC(=O)OCC1c2ccccc2-c2ccccc21. The van der Waals surface area contributed by atoms with Crippen molar-refractivity contribution in [2.75, 3.05) is 6.61 Å². The first-order valence-corrected chi connectivity index (χ1v) is 12.3. The van der Waals surface area contributed by atoms with Gasteiger partial charge in [-0.2, -0.15) is 0 Å². The van der Waals surface area contributed by atoms with Crippen molar-refractivity contribution in [3.8, 4) is 11.1 Å². The summed E-state index contributed by atoms with van der Waals surface area (Å²) in [5.41, 5.74) is 3.98. The van der Waals surface area contributed by atoms with Gasteiger partial charge in [0.1, 0.15) is 6.61 Å². The summed E-state index contributed by atoms with van der Waals surface area (Å²) < 4.78 is 5.62. The van der Waals surface area contributed by atoms with Gasteiger partial charge in [0.2, 0.25) is 5.91 Å². The van der Waals surface area contributed by atoms with Crippen molar-refractivity contribution in [2.24, 2.45) is 0 Å². The van der Waals surface area contributed by atoms with Crippen LogP contribution in [0.2, 0.25) is 0 Å². The first-order chi connectivity index (χ1) is 16.7. The van der Waals surface area contributed by atoms with Gasteiger partial charge in [-0.3, -0.25) is 9.59 Å². The number of unbranched alkanes of at least 4 members (excludes halogenated alkanes) is 1. The molecule has 3 rings (SSSR count). The van der Waals surface area contributed by atoms with Gasteiger partial charge >= 0.3 is 12.1 Å². The lowest BCUT2D eigenvalue weighted by Gasteiger charge is -2.26. The van der Waals surface area contributed by atoms with Crippen molar-refractivity contribution in [2.45, 2.75) is 76.8 Å². The van der Waals surface area contributed by atoms with Crippen LogP contribution in [-0.2, 0) is 14.3 Å². The number of benzene rings is 2. The van der Waals surface area contributed by atoms with Crippen LogP contribution in [0.4, 0.5) is 4.79 Å². The Balaban J connectivity index is 1.50. The largest absolute Gasteiger partial charge is 0.481 e. The lowest BCUT2D eigenvalue weighted by atomic mass is 9.97. The predicted octanol–water partition coefficient (Wildman–Crippen LogP) is 5.23. The smallest absolute Gasteiger partial charge is 0.407 e. The Hall–Kier alpha value is -3.35. The number of aliphatic carboxylic acids is 1. The fourth-order valence-electron chi connectivity index (χ4n) is 4.59. The van der Waals surface area contributed by atoms with Crippen molar-refractivity contribution in [3.05, 3.63) is 59.7 Å². The van der Waals surface area contributed by atoms with Crippen LogP contribution in [0, 0.1) is 0 Å². The normalized spacial score (nSPS) is 13.5. The monoisotopic (exact) mass is 480 g/mol. The van der Waals surface area contributed by atoms with Crippen molar-refractivity contribution in [1.29, 1.82) is 0 Å². The summed E-state index contributed by atoms with van der Waals surface area (Å²) in [6.07, 6.45) is 2.39. The molecule has 0 aromatic heterocycles. The molecule has 0 spiro atoms. The molecule has 1 aliphatic rings. The molecule has 0 fully saturated rings. The molecule has 7 heteroatoms. The van der Waals surface area contributed by atoms with Crippen molar-refractivity contribution in [3.63, 3.8) is 0 Å². The van der Waals surface area contributed by atoms with Gasteiger partial charge in [-0.05, 0) is 48.9 Å². The molecule has 35 heavy (non-hydrogen) atoms. The van der Waals surface area contributed by atoms with E-state index in [-0.39, 0.29) is 37.3 Å². The molecule has 0 saturated carbocycles. The zero-order chi connectivity index (χ0) is 25.4. The van der Waals surface area contributed by atoms with Crippen molar-refractivity contribution < 1.29 is 24.2 Å². The maximum atomic E-state index is 12.6. The minimum Gasteiger partial charge on any atom is -0.481 e. The molecule has 2 amide bonds. The van der Waals surface area contributed by atoms with E-state index in [9.17, 15) is 14.4 Å². The standard InChI is InChI=1S/C28H36N2O5/c1-4-5-10-19(17-26(32)33)29-25(31)15-16-28(2,3)30-27(34)35-18-24-22-13-8-6-11-20(22)21-12-7-9-14-23(21)24/h6-9,11-14,19,24H,4-5,10,15-18H2,1-3H3,(H,29,31)(H,30,34)(H,32,33)/t19-/m0/s1. The topological polar surface area (TPSA) is 105 Å². The van der Waals surface area contributed by atoms with Crippen LogP contribution in [0.3, 0.4) is 0 Å². The van der Waals surface area contributed by atoms with Crippen LogP contribution >= 0.6 is 0 Å². The molecule has 1 aliphatic carbocycles. The van der Waals surface area contributed by atoms with Gasteiger partial charge in [-0.1, -0.05) is 68.3 Å². The number of amides is 2. The molecule has 0 bridgehead atoms. The number of hydrogen-bond acceptors (Lipinski definition) is 4. The molecule has 0 unspecified atom stereocenters. The van der Waals surface area contributed by atoms with Gasteiger partial charge in [0.15, 0.2) is 0 Å². The average molecular weight is 481 g/mol. The second-order valence-corrected chi connectivity index (χ2v) is 9.84. The number of carbonyl (C=O) groups excluding carboxylic acids is 2. The lowest BCUT2D eigenvalue weighted by Crippen LogP contribution is -2.45. The number of ether oxygens (including phenoxy) is 1. The number of rotatable bonds is 12. The zero-order valence-corrected chi connectivity index (χ0v) is 20.8. The molecule has 7 nitrogen and oxygen atoms in total. The van der Waals surface area contributed by atoms with E-state index in [0.29, 0.717) is 12.8 Å². The first-order valence-electron chi connectivity index (χ1n) is 12.3. The number of hydrogen-bond donors (Lipinski definition) is 3. The van der Waals surface area contributed by atoms with Crippen LogP contribution in [0.15, 0.2) is 48.5 Å². The summed E-state index contributed by atoms with van der Waals surface area (Å²) in [7, 11) is 0. The van der Waals surface area contributed by atoms with Gasteiger partial charge in [0.25, 0.3) is 0 Å². The van der Waals surface area contributed by atoms with Gasteiger partial charge < -0.3 is 20.5 Å². The Bertz CT molecular complexity index is 1000. The quantitative estimate of drug-likeness (QED) is 0.386. The highest BCUT2D eigenvalue weighted by molar-refractivity contribution is 5.79. The minimum atomic E-state index is -0.927. The van der Waals surface area contributed by atoms with Gasteiger partial charge in [0, 0.05) is 23.9 Å². The van der Waals surface area contributed by atoms with E-state index < -0.39 is 17.6 Å². The van der Waals surface area contributed by atoms with Crippen molar-refractivity contribution in [1.82, 2.24) is 10.6 Å². The number of alkyl carbamates (subject to hydrolysis) is 1. The fraction of sp³-hybridized carbons (Fsp3) is 0.464. The molecule has 0 heterocycles. The highest BCUT2D eigenvalue weighted by Crippen LogP contribution is 2.44. The third-order valence-corrected chi connectivity index (χ3v) is 6.45. The third-order valence-electron chi connectivity index (χ3n) is 6.45. The summed E-state index contributed by atoms with van der Waals surface area (Å²) in [5.74, 6) is -1.16. The number of carboxylic acid groups (broad SMARTS) is 1. The van der Waals surface area contributed by atoms with Crippen molar-refractivity contribution >= 4 is 18.0 Å². The van der Waals surface area contributed by atoms with Crippen LogP contribution in [0.1, 0.15) is 76.3 Å². The first kappa shape index (κ1) is 26.3. The van der Waals surface area contributed by atoms with Crippen LogP contribution < -0.4 is 10.6 Å². The Morgan fingerprint density at radius 2 is 1.63 bits per heavy atom. The highest BCUT2D eigenvalue weighted by Gasteiger charge is 2.30. The summed E-state index contributed by atoms with van der Waals surface area (Å²) in [5, 5.41) is 14.8. The highest BCUT2D eigenvalue weighted by atomic mass is 16.5. The minimum absolute atomic E-state index is 0.0173. The van der Waals surface area contributed by atoms with E-state index in [1.54, 1.807) is 0 Å². The molecule has 0 aliphatic heterocycles. The average Bonchev–Trinajstić information content (AvgIpc) is 3.13. The molecule has 0 saturated heterocycles. The second kappa shape index (κ2) is 11.9. The van der Waals surface area contributed by atoms with E-state index in [2.05, 4.69) is 34.9 Å². The number of carbonyl (C=O) groups is 3. The Labute approximate surface area is 207 Å². The Kier molecular flexibility index (Phi) is 8.90. The molecule has 2 aromatic carbocycles. The van der Waals surface area contributed by atoms with Crippen LogP contribution in [0.5, 0.6) is 0 Å². The third kappa shape index (κ3) is 7.31. The molecule has 1 atom stereocenters. The van der Waals surface area contributed by atoms with Gasteiger partial charge in [-0.15, -0.1) is 0 Å². The van der Waals surface area contributed by atoms with E-state index in [0.717, 1.165) is 24.0 Å². The number of nitrogens with one attached hydrogen (secondary N) is 2. The van der Waals surface area contributed by atoms with E-state index in [4.69, 9.17) is 9.84 Å². The molecular formula is C28H36N2O5. The zero-order valence-electron chi connectivity index (χ0n) is 20.8. The van der Waals surface area contributed by atoms with E-state index in [1.807, 2.05) is 45.0 Å². The summed E-state index contributed by atoms with van der Waals surface area (Å²) in [6, 6.07) is 16.0. The van der Waals surface area contributed by atoms with E-state index in [1.165, 1.54) is 11.1 Å². The number of fused-ring (bicyclic) bond motifs is 3. The van der Waals surface area contributed by atoms with E-state index >= 15 is 0 Å². The Morgan fingerprint density at radius 3 is 2.20 bits per heavy atom. The lowest BCUT2D eigenvalue weighted by molar-refractivity contribution is -0.137. The second-order valence-electron chi connectivity index (χ2n) is 9.84. The molecule has 0 radical (unpaired) electrons. The molecule has 2 aromatic rings. The van der Waals surface area contributed by atoms with Crippen LogP contribution in [0.25, 0.3) is 11.1 Å². The summed E-state index contributed by atoms with van der Waals surface area (Å²) >= 11 is 0. The maximum Gasteiger partial charge on any atom is 0.407 e. The molecule has 188 valence electrons. The van der Waals surface area contributed by atoms with Gasteiger partial charge in [-0.25, -0.2) is 4.79 Å². The molecule has 3 N–H and O–H groups in total. The fourth-order valence-corrected chi connectivity index (χ4v) is 4.59. The maximum absolute atomic E-state index is 12.6. The summed E-state index contributed by atoms with van der Waals surface area (Å²) in [6.45, 7) is 5.93. The number of carboxylic acids is 1. The Morgan fingerprint density at radius 1 is 1.03 bits per heavy atom. The molecular weight excluding hydrogens is 444 g/mol. The predicted molar refractivity (Wildman–Crippen MR) is 135 cm³/mol.